The molecule has 376 valence electrons. The number of carbonyl (C=O) groups excluding carboxylic acids is 3. The molecule has 4 saturated heterocycles. The third-order valence-electron chi connectivity index (χ3n) is 14.5. The van der Waals surface area contributed by atoms with Gasteiger partial charge in [-0.15, -0.1) is 0 Å². The Labute approximate surface area is 411 Å². The fourth-order valence-electron chi connectivity index (χ4n) is 10.6. The van der Waals surface area contributed by atoms with Gasteiger partial charge in [0, 0.05) is 109 Å². The van der Waals surface area contributed by atoms with Crippen LogP contribution in [-0.4, -0.2) is 146 Å². The SMILES string of the molecule is CCCCC/C=C\C/C=C\CCCCCCCC(=O)NCCN(CCNCCNC(=O)c1ccc(CN2CCCN3CCCC32)cc1)CCNC(=O)c1ccc(CN2CCCN3CCCC32)cc1. The van der Waals surface area contributed by atoms with Gasteiger partial charge < -0.3 is 21.3 Å². The summed E-state index contributed by atoms with van der Waals surface area (Å²) in [5.74, 6) is -0.00419. The maximum Gasteiger partial charge on any atom is 0.251 e. The van der Waals surface area contributed by atoms with Gasteiger partial charge >= 0.3 is 0 Å². The number of allylic oxidation sites excluding steroid dienone is 4. The summed E-state index contributed by atoms with van der Waals surface area (Å²) in [5.41, 5.74) is 3.88. The molecule has 0 radical (unpaired) electrons. The standard InChI is InChI=1S/C56H89N9O3/c1-2-3-4-5-6-7-8-9-10-11-12-13-14-15-16-21-52(66)58-35-44-61(45-36-60-56(68)51-30-26-49(27-31-51)47-65-42-20-40-63-38-18-23-54(63)65)43-34-57-32-33-59-55(67)50-28-24-48(25-29-50)46-64-41-19-39-62-37-17-22-53(62)64/h6-7,9-10,24-31,53-54,57H,2-5,8,11-23,32-47H2,1H3,(H,58,66)(H,59,67)(H,60,68)/b7-6-,10-9-. The van der Waals surface area contributed by atoms with Crippen LogP contribution in [0.3, 0.4) is 0 Å². The molecule has 0 aromatic heterocycles. The molecule has 4 aliphatic heterocycles. The molecule has 2 aromatic rings. The predicted octanol–water partition coefficient (Wildman–Crippen LogP) is 7.92. The largest absolute Gasteiger partial charge is 0.355 e. The summed E-state index contributed by atoms with van der Waals surface area (Å²) in [6.07, 6.45) is 31.3. The molecule has 12 heteroatoms. The first-order valence-corrected chi connectivity index (χ1v) is 27.2. The minimum Gasteiger partial charge on any atom is -0.355 e. The van der Waals surface area contributed by atoms with E-state index in [2.05, 4.69) is 101 Å². The third-order valence-corrected chi connectivity index (χ3v) is 14.5. The molecule has 2 atom stereocenters. The molecule has 12 nitrogen and oxygen atoms in total. The van der Waals surface area contributed by atoms with E-state index in [4.69, 9.17) is 0 Å². The molecule has 4 fully saturated rings. The van der Waals surface area contributed by atoms with E-state index in [-0.39, 0.29) is 17.7 Å². The summed E-state index contributed by atoms with van der Waals surface area (Å²) in [7, 11) is 0. The average molecular weight is 936 g/mol. The van der Waals surface area contributed by atoms with Crippen LogP contribution in [0.5, 0.6) is 0 Å². The van der Waals surface area contributed by atoms with Crippen LogP contribution in [0.25, 0.3) is 0 Å². The van der Waals surface area contributed by atoms with Crippen molar-refractivity contribution in [2.75, 3.05) is 91.6 Å². The highest BCUT2D eigenvalue weighted by Gasteiger charge is 2.33. The van der Waals surface area contributed by atoms with E-state index in [1.165, 1.54) is 121 Å². The highest BCUT2D eigenvalue weighted by Crippen LogP contribution is 2.28. The van der Waals surface area contributed by atoms with E-state index in [1.54, 1.807) is 0 Å². The minimum absolute atomic E-state index is 0.0525. The number of hydrogen-bond acceptors (Lipinski definition) is 9. The van der Waals surface area contributed by atoms with Crippen molar-refractivity contribution in [3.05, 3.63) is 95.1 Å². The maximum atomic E-state index is 13.2. The Hall–Kier alpha value is -3.91. The van der Waals surface area contributed by atoms with Crippen molar-refractivity contribution in [1.29, 1.82) is 0 Å². The number of benzene rings is 2. The fourth-order valence-corrected chi connectivity index (χ4v) is 10.6. The van der Waals surface area contributed by atoms with Crippen LogP contribution in [-0.2, 0) is 17.9 Å². The van der Waals surface area contributed by atoms with Crippen LogP contribution >= 0.6 is 0 Å². The van der Waals surface area contributed by atoms with E-state index >= 15 is 0 Å². The summed E-state index contributed by atoms with van der Waals surface area (Å²) >= 11 is 0. The number of nitrogens with zero attached hydrogens (tertiary/aromatic N) is 5. The summed E-state index contributed by atoms with van der Waals surface area (Å²) in [5, 5.41) is 12.8. The van der Waals surface area contributed by atoms with Gasteiger partial charge in [-0.05, 0) is 126 Å². The van der Waals surface area contributed by atoms with Crippen molar-refractivity contribution < 1.29 is 14.4 Å². The van der Waals surface area contributed by atoms with E-state index in [9.17, 15) is 14.4 Å². The molecule has 0 bridgehead atoms. The zero-order chi connectivity index (χ0) is 47.4. The normalized spacial score (nSPS) is 19.3. The molecule has 2 unspecified atom stereocenters. The summed E-state index contributed by atoms with van der Waals surface area (Å²) in [4.78, 5) is 51.7. The first kappa shape index (κ1) is 53.4. The Morgan fingerprint density at radius 1 is 0.544 bits per heavy atom. The zero-order valence-corrected chi connectivity index (χ0v) is 42.1. The lowest BCUT2D eigenvalue weighted by molar-refractivity contribution is -0.121. The van der Waals surface area contributed by atoms with Crippen LogP contribution < -0.4 is 21.3 Å². The van der Waals surface area contributed by atoms with Crippen molar-refractivity contribution >= 4 is 17.7 Å². The number of nitrogens with one attached hydrogen (secondary N) is 4. The van der Waals surface area contributed by atoms with Gasteiger partial charge in [0.25, 0.3) is 11.8 Å². The average Bonchev–Trinajstić information content (AvgIpc) is 4.06. The van der Waals surface area contributed by atoms with E-state index < -0.39 is 0 Å². The van der Waals surface area contributed by atoms with E-state index in [0.29, 0.717) is 69.1 Å². The monoisotopic (exact) mass is 936 g/mol. The Kier molecular flexibility index (Phi) is 24.6. The van der Waals surface area contributed by atoms with Crippen molar-refractivity contribution in [1.82, 2.24) is 45.8 Å². The highest BCUT2D eigenvalue weighted by atomic mass is 16.2. The van der Waals surface area contributed by atoms with Gasteiger partial charge in [0.1, 0.15) is 0 Å². The number of unbranched alkanes of at least 4 members (excludes halogenated alkanes) is 8. The van der Waals surface area contributed by atoms with Gasteiger partial charge in [-0.3, -0.25) is 38.9 Å². The Morgan fingerprint density at radius 2 is 1.04 bits per heavy atom. The van der Waals surface area contributed by atoms with Crippen molar-refractivity contribution in [2.45, 2.75) is 148 Å². The maximum absolute atomic E-state index is 13.2. The van der Waals surface area contributed by atoms with Gasteiger partial charge in [-0.25, -0.2) is 0 Å². The first-order chi connectivity index (χ1) is 33.5. The first-order valence-electron chi connectivity index (χ1n) is 27.2. The molecule has 6 rings (SSSR count). The van der Waals surface area contributed by atoms with Crippen molar-refractivity contribution in [3.8, 4) is 0 Å². The molecule has 0 saturated carbocycles. The van der Waals surface area contributed by atoms with Gasteiger partial charge in [-0.1, -0.05) is 87.6 Å². The second-order valence-corrected chi connectivity index (χ2v) is 19.8. The Balaban J connectivity index is 0.860. The predicted molar refractivity (Wildman–Crippen MR) is 278 cm³/mol. The van der Waals surface area contributed by atoms with Crippen molar-refractivity contribution in [2.24, 2.45) is 0 Å². The summed E-state index contributed by atoms with van der Waals surface area (Å²) < 4.78 is 0. The lowest BCUT2D eigenvalue weighted by Gasteiger charge is -2.40. The number of carbonyl (C=O) groups is 3. The van der Waals surface area contributed by atoms with Crippen molar-refractivity contribution in [3.63, 3.8) is 0 Å². The fraction of sp³-hybridized carbons (Fsp3) is 0.661. The highest BCUT2D eigenvalue weighted by molar-refractivity contribution is 5.94. The lowest BCUT2D eigenvalue weighted by Crippen LogP contribution is -2.49. The summed E-state index contributed by atoms with van der Waals surface area (Å²) in [6, 6.07) is 16.2. The molecule has 0 spiro atoms. The molecule has 68 heavy (non-hydrogen) atoms. The van der Waals surface area contributed by atoms with Gasteiger partial charge in [0.05, 0.1) is 12.3 Å². The quantitative estimate of drug-likeness (QED) is 0.0429. The second kappa shape index (κ2) is 31.3. The van der Waals surface area contributed by atoms with Crippen LogP contribution in [0.4, 0.5) is 0 Å². The molecular formula is C56H89N9O3. The second-order valence-electron chi connectivity index (χ2n) is 19.8. The molecule has 2 aromatic carbocycles. The molecule has 4 heterocycles. The van der Waals surface area contributed by atoms with Gasteiger partial charge in [0.15, 0.2) is 0 Å². The van der Waals surface area contributed by atoms with Crippen LogP contribution in [0.1, 0.15) is 154 Å². The minimum atomic E-state index is -0.0620. The van der Waals surface area contributed by atoms with Crippen LogP contribution in [0.15, 0.2) is 72.8 Å². The molecule has 0 aliphatic carbocycles. The number of rotatable bonds is 32. The van der Waals surface area contributed by atoms with Crippen LogP contribution in [0.2, 0.25) is 0 Å². The van der Waals surface area contributed by atoms with Crippen LogP contribution in [0, 0.1) is 0 Å². The smallest absolute Gasteiger partial charge is 0.251 e. The van der Waals surface area contributed by atoms with E-state index in [0.717, 1.165) is 65.0 Å². The number of amides is 3. The lowest BCUT2D eigenvalue weighted by atomic mass is 10.1. The molecule has 3 amide bonds. The van der Waals surface area contributed by atoms with Gasteiger partial charge in [-0.2, -0.15) is 0 Å². The number of hydrogen-bond donors (Lipinski definition) is 4. The van der Waals surface area contributed by atoms with E-state index in [1.807, 2.05) is 24.3 Å². The molecule has 4 N–H and O–H groups in total. The third kappa shape index (κ3) is 19.1. The molecular weight excluding hydrogens is 847 g/mol. The Bertz CT molecular complexity index is 1800. The number of fused-ring (bicyclic) bond motifs is 2. The zero-order valence-electron chi connectivity index (χ0n) is 42.1. The summed E-state index contributed by atoms with van der Waals surface area (Å²) in [6.45, 7) is 16.4. The molecule has 4 aliphatic rings. The Morgan fingerprint density at radius 3 is 1.63 bits per heavy atom. The topological polar surface area (TPSA) is 116 Å². The van der Waals surface area contributed by atoms with Gasteiger partial charge in [0.2, 0.25) is 5.91 Å².